The number of anilines is 2. The van der Waals surface area contributed by atoms with E-state index in [4.69, 9.17) is 4.74 Å². The predicted molar refractivity (Wildman–Crippen MR) is 127 cm³/mol. The topological polar surface area (TPSA) is 83.0 Å². The number of nitrogens with zero attached hydrogens (tertiary/aromatic N) is 3. The summed E-state index contributed by atoms with van der Waals surface area (Å²) in [4.78, 5) is 33.8. The smallest absolute Gasteiger partial charge is 0.300 e. The number of amides is 1. The summed E-state index contributed by atoms with van der Waals surface area (Å²) >= 11 is 0. The van der Waals surface area contributed by atoms with Gasteiger partial charge in [-0.15, -0.1) is 0 Å². The summed E-state index contributed by atoms with van der Waals surface area (Å²) in [6.45, 7) is 2.35. The molecule has 0 saturated carbocycles. The first-order chi connectivity index (χ1) is 15.9. The van der Waals surface area contributed by atoms with Gasteiger partial charge in [0.05, 0.1) is 18.2 Å². The normalized spacial score (nSPS) is 17.3. The summed E-state index contributed by atoms with van der Waals surface area (Å²) in [5, 5.41) is 11.1. The molecule has 3 aromatic rings. The Bertz CT molecular complexity index is 1200. The Labute approximate surface area is 192 Å². The summed E-state index contributed by atoms with van der Waals surface area (Å²) < 4.78 is 5.60. The highest BCUT2D eigenvalue weighted by Gasteiger charge is 2.47. The van der Waals surface area contributed by atoms with Crippen molar-refractivity contribution in [3.05, 3.63) is 89.8 Å². The first-order valence-electron chi connectivity index (χ1n) is 10.6. The number of Topliss-reactive ketones (excluding diaryl/α,β-unsaturated/α-hetero) is 1. The third-order valence-electron chi connectivity index (χ3n) is 5.53. The monoisotopic (exact) mass is 443 g/mol. The minimum atomic E-state index is -0.800. The zero-order valence-corrected chi connectivity index (χ0v) is 18.7. The van der Waals surface area contributed by atoms with E-state index in [0.29, 0.717) is 29.2 Å². The summed E-state index contributed by atoms with van der Waals surface area (Å²) in [6, 6.07) is 17.0. The molecule has 0 radical (unpaired) electrons. The number of ether oxygens (including phenoxy) is 1. The van der Waals surface area contributed by atoms with Gasteiger partial charge < -0.3 is 14.7 Å². The van der Waals surface area contributed by atoms with Crippen LogP contribution in [-0.4, -0.2) is 42.5 Å². The highest BCUT2D eigenvalue weighted by molar-refractivity contribution is 6.51. The Kier molecular flexibility index (Phi) is 6.13. The lowest BCUT2D eigenvalue weighted by Gasteiger charge is -2.26. The number of benzene rings is 2. The van der Waals surface area contributed by atoms with Crippen molar-refractivity contribution in [3.63, 3.8) is 0 Å². The van der Waals surface area contributed by atoms with Crippen LogP contribution in [0.4, 0.5) is 11.4 Å². The Morgan fingerprint density at radius 2 is 1.76 bits per heavy atom. The maximum absolute atomic E-state index is 13.2. The van der Waals surface area contributed by atoms with Gasteiger partial charge in [0.25, 0.3) is 11.7 Å². The second-order valence-corrected chi connectivity index (χ2v) is 7.82. The Balaban J connectivity index is 1.91. The number of carbonyl (C=O) groups excluding carboxylic acids is 2. The van der Waals surface area contributed by atoms with Crippen LogP contribution in [0.3, 0.4) is 0 Å². The molecule has 1 aromatic heterocycles. The zero-order chi connectivity index (χ0) is 23.5. The quantitative estimate of drug-likeness (QED) is 0.350. The van der Waals surface area contributed by atoms with E-state index in [2.05, 4.69) is 4.98 Å². The number of ketones is 1. The average Bonchev–Trinajstić information content (AvgIpc) is 3.10. The molecule has 0 bridgehead atoms. The van der Waals surface area contributed by atoms with E-state index in [0.717, 1.165) is 5.69 Å². The molecule has 1 amide bonds. The molecule has 1 aliphatic rings. The summed E-state index contributed by atoms with van der Waals surface area (Å²) in [5.74, 6) is -1.10. The van der Waals surface area contributed by atoms with Crippen LogP contribution in [0.2, 0.25) is 0 Å². The van der Waals surface area contributed by atoms with Crippen LogP contribution in [-0.2, 0) is 9.59 Å². The van der Waals surface area contributed by atoms with Crippen molar-refractivity contribution >= 4 is 28.8 Å². The van der Waals surface area contributed by atoms with Gasteiger partial charge in [-0.05, 0) is 48.9 Å². The van der Waals surface area contributed by atoms with Gasteiger partial charge in [0.2, 0.25) is 0 Å². The third-order valence-corrected chi connectivity index (χ3v) is 5.53. The van der Waals surface area contributed by atoms with Crippen LogP contribution in [0.25, 0.3) is 5.76 Å². The van der Waals surface area contributed by atoms with Gasteiger partial charge in [0.1, 0.15) is 11.5 Å². The maximum atomic E-state index is 13.2. The van der Waals surface area contributed by atoms with Crippen LogP contribution in [0, 0.1) is 0 Å². The Hall–Kier alpha value is -4.13. The van der Waals surface area contributed by atoms with Gasteiger partial charge in [0.15, 0.2) is 0 Å². The average molecular weight is 444 g/mol. The fourth-order valence-corrected chi connectivity index (χ4v) is 3.92. The molecule has 0 spiro atoms. The predicted octanol–water partition coefficient (Wildman–Crippen LogP) is 4.17. The first-order valence-corrected chi connectivity index (χ1v) is 10.6. The third kappa shape index (κ3) is 4.17. The zero-order valence-electron chi connectivity index (χ0n) is 18.7. The van der Waals surface area contributed by atoms with Gasteiger partial charge in [-0.25, -0.2) is 0 Å². The number of aliphatic hydroxyl groups is 1. The van der Waals surface area contributed by atoms with Crippen molar-refractivity contribution in [2.75, 3.05) is 30.5 Å². The molecule has 7 nitrogen and oxygen atoms in total. The van der Waals surface area contributed by atoms with Crippen LogP contribution in [0.1, 0.15) is 24.1 Å². The second-order valence-electron chi connectivity index (χ2n) is 7.82. The minimum absolute atomic E-state index is 0.0330. The van der Waals surface area contributed by atoms with E-state index < -0.39 is 17.7 Å². The molecule has 1 saturated heterocycles. The molecule has 1 atom stereocenters. The highest BCUT2D eigenvalue weighted by Crippen LogP contribution is 2.43. The van der Waals surface area contributed by atoms with Gasteiger partial charge in [-0.1, -0.05) is 18.2 Å². The van der Waals surface area contributed by atoms with Crippen LogP contribution >= 0.6 is 0 Å². The van der Waals surface area contributed by atoms with E-state index >= 15 is 0 Å². The largest absolute Gasteiger partial charge is 0.507 e. The molecule has 2 heterocycles. The Morgan fingerprint density at radius 1 is 1.06 bits per heavy atom. The Morgan fingerprint density at radius 3 is 2.39 bits per heavy atom. The van der Waals surface area contributed by atoms with E-state index in [1.54, 1.807) is 36.4 Å². The minimum Gasteiger partial charge on any atom is -0.507 e. The molecule has 7 heteroatoms. The van der Waals surface area contributed by atoms with Crippen molar-refractivity contribution < 1.29 is 19.4 Å². The molecule has 1 fully saturated rings. The SMILES string of the molecule is CCOc1cccc(N2C(=O)C(=O)/C(=C(/O)c3ccncc3)C2c2ccc(N(C)C)cc2)c1. The van der Waals surface area contributed by atoms with Crippen molar-refractivity contribution in [2.45, 2.75) is 13.0 Å². The molecule has 2 aromatic carbocycles. The highest BCUT2D eigenvalue weighted by atomic mass is 16.5. The van der Waals surface area contributed by atoms with Crippen LogP contribution in [0.15, 0.2) is 78.6 Å². The number of aromatic nitrogens is 1. The second kappa shape index (κ2) is 9.16. The van der Waals surface area contributed by atoms with Crippen molar-refractivity contribution in [1.29, 1.82) is 0 Å². The molecular formula is C26H25N3O4. The molecule has 1 aliphatic heterocycles. The molecule has 1 N–H and O–H groups in total. The van der Waals surface area contributed by atoms with Crippen molar-refractivity contribution in [1.82, 2.24) is 4.98 Å². The molecule has 1 unspecified atom stereocenters. The fourth-order valence-electron chi connectivity index (χ4n) is 3.92. The van der Waals surface area contributed by atoms with E-state index in [-0.39, 0.29) is 11.3 Å². The van der Waals surface area contributed by atoms with Crippen molar-refractivity contribution in [3.8, 4) is 5.75 Å². The molecular weight excluding hydrogens is 418 g/mol. The van der Waals surface area contributed by atoms with Gasteiger partial charge in [0, 0.05) is 49.5 Å². The molecule has 0 aliphatic carbocycles. The number of hydrogen-bond acceptors (Lipinski definition) is 6. The molecule has 4 rings (SSSR count). The van der Waals surface area contributed by atoms with E-state index in [1.165, 1.54) is 17.3 Å². The maximum Gasteiger partial charge on any atom is 0.300 e. The fraction of sp³-hybridized carbons (Fsp3) is 0.192. The summed E-state index contributed by atoms with van der Waals surface area (Å²) in [5.41, 5.74) is 2.64. The lowest BCUT2D eigenvalue weighted by molar-refractivity contribution is -0.132. The number of hydrogen-bond donors (Lipinski definition) is 1. The standard InChI is InChI=1S/C26H25N3O4/c1-4-33-21-7-5-6-20(16-21)29-23(17-8-10-19(11-9-17)28(2)3)22(25(31)26(29)32)24(30)18-12-14-27-15-13-18/h5-16,23,30H,4H2,1-3H3/b24-22+. The number of carbonyl (C=O) groups is 2. The first kappa shape index (κ1) is 22.1. The number of aliphatic hydroxyl groups excluding tert-OH is 1. The summed E-state index contributed by atoms with van der Waals surface area (Å²) in [6.07, 6.45) is 3.05. The molecule has 33 heavy (non-hydrogen) atoms. The molecule has 168 valence electrons. The number of rotatable bonds is 6. The van der Waals surface area contributed by atoms with Crippen molar-refractivity contribution in [2.24, 2.45) is 0 Å². The van der Waals surface area contributed by atoms with Crippen LogP contribution < -0.4 is 14.5 Å². The number of pyridine rings is 1. The van der Waals surface area contributed by atoms with Gasteiger partial charge >= 0.3 is 0 Å². The van der Waals surface area contributed by atoms with E-state index in [1.807, 2.05) is 50.2 Å². The lowest BCUT2D eigenvalue weighted by Crippen LogP contribution is -2.29. The van der Waals surface area contributed by atoms with Gasteiger partial charge in [-0.3, -0.25) is 19.5 Å². The lowest BCUT2D eigenvalue weighted by atomic mass is 9.95. The van der Waals surface area contributed by atoms with Gasteiger partial charge in [-0.2, -0.15) is 0 Å². The summed E-state index contributed by atoms with van der Waals surface area (Å²) in [7, 11) is 3.87. The van der Waals surface area contributed by atoms with Crippen LogP contribution in [0.5, 0.6) is 5.75 Å². The van der Waals surface area contributed by atoms with E-state index in [9.17, 15) is 14.7 Å².